The van der Waals surface area contributed by atoms with Gasteiger partial charge in [-0.15, -0.1) is 0 Å². The minimum absolute atomic E-state index is 0.576. The largest absolute Gasteiger partial charge is 0.385 e. The molecule has 0 unspecified atom stereocenters. The highest BCUT2D eigenvalue weighted by atomic mass is 16.5. The van der Waals surface area contributed by atoms with E-state index in [1.165, 1.54) is 32.1 Å². The maximum atomic E-state index is 5.11. The Morgan fingerprint density at radius 3 is 2.40 bits per heavy atom. The van der Waals surface area contributed by atoms with Gasteiger partial charge >= 0.3 is 0 Å². The Bertz CT molecular complexity index is 158. The molecule has 1 N–H and O–H groups in total. The van der Waals surface area contributed by atoms with Crippen LogP contribution in [0.25, 0.3) is 0 Å². The van der Waals surface area contributed by atoms with Gasteiger partial charge in [0.25, 0.3) is 0 Å². The minimum Gasteiger partial charge on any atom is -0.385 e. The van der Waals surface area contributed by atoms with E-state index in [0.717, 1.165) is 26.3 Å². The number of methoxy groups -OCH3 is 2. The molecule has 15 heavy (non-hydrogen) atoms. The van der Waals surface area contributed by atoms with Crippen LogP contribution in [-0.2, 0) is 9.47 Å². The van der Waals surface area contributed by atoms with Gasteiger partial charge in [0.1, 0.15) is 0 Å². The minimum atomic E-state index is 0.576. The lowest BCUT2D eigenvalue weighted by Crippen LogP contribution is -2.41. The molecular formula is C12H25NO2. The number of ether oxygens (including phenoxy) is 2. The predicted octanol–water partition coefficient (Wildman–Crippen LogP) is 1.82. The molecule has 0 aromatic carbocycles. The molecule has 1 aliphatic rings. The van der Waals surface area contributed by atoms with E-state index in [1.807, 2.05) is 0 Å². The molecule has 90 valence electrons. The molecule has 0 amide bonds. The van der Waals surface area contributed by atoms with Crippen molar-refractivity contribution in [2.75, 3.05) is 40.5 Å². The van der Waals surface area contributed by atoms with Crippen LogP contribution in [0.3, 0.4) is 0 Å². The van der Waals surface area contributed by atoms with Gasteiger partial charge in [-0.3, -0.25) is 0 Å². The molecule has 1 aliphatic carbocycles. The van der Waals surface area contributed by atoms with E-state index in [4.69, 9.17) is 9.47 Å². The molecule has 0 aliphatic heterocycles. The van der Waals surface area contributed by atoms with Crippen molar-refractivity contribution >= 4 is 0 Å². The highest BCUT2D eigenvalue weighted by Gasteiger charge is 2.35. The fraction of sp³-hybridized carbons (Fsp3) is 1.00. The summed E-state index contributed by atoms with van der Waals surface area (Å²) in [6.45, 7) is 3.84. The molecule has 3 heteroatoms. The monoisotopic (exact) mass is 215 g/mol. The molecule has 1 saturated carbocycles. The van der Waals surface area contributed by atoms with E-state index in [2.05, 4.69) is 5.32 Å². The van der Waals surface area contributed by atoms with Crippen LogP contribution in [0.5, 0.6) is 0 Å². The first kappa shape index (κ1) is 12.9. The van der Waals surface area contributed by atoms with Crippen LogP contribution >= 0.6 is 0 Å². The van der Waals surface area contributed by atoms with Crippen molar-refractivity contribution in [1.82, 2.24) is 5.32 Å². The topological polar surface area (TPSA) is 30.5 Å². The standard InChI is InChI=1S/C12H25NO2/c1-14-9-4-7-12(5-3-6-12)11-13-8-10-15-2/h13H,3-11H2,1-2H3. The highest BCUT2D eigenvalue weighted by molar-refractivity contribution is 4.89. The Morgan fingerprint density at radius 2 is 1.87 bits per heavy atom. The maximum absolute atomic E-state index is 5.11. The molecular weight excluding hydrogens is 190 g/mol. The Kier molecular flexibility index (Phi) is 6.22. The van der Waals surface area contributed by atoms with E-state index in [0.29, 0.717) is 5.41 Å². The van der Waals surface area contributed by atoms with Crippen molar-refractivity contribution in [2.45, 2.75) is 32.1 Å². The molecule has 0 atom stereocenters. The summed E-state index contributed by atoms with van der Waals surface area (Å²) >= 11 is 0. The average molecular weight is 215 g/mol. The first-order chi connectivity index (χ1) is 7.33. The molecule has 0 saturated heterocycles. The average Bonchev–Trinajstić information content (AvgIpc) is 2.19. The van der Waals surface area contributed by atoms with Gasteiger partial charge in [0.2, 0.25) is 0 Å². The number of hydrogen-bond acceptors (Lipinski definition) is 3. The normalized spacial score (nSPS) is 18.8. The van der Waals surface area contributed by atoms with Gasteiger partial charge in [0.15, 0.2) is 0 Å². The highest BCUT2D eigenvalue weighted by Crippen LogP contribution is 2.44. The second-order valence-electron chi connectivity index (χ2n) is 4.62. The third-order valence-corrected chi connectivity index (χ3v) is 3.45. The van der Waals surface area contributed by atoms with Crippen LogP contribution in [0.2, 0.25) is 0 Å². The van der Waals surface area contributed by atoms with Crippen molar-refractivity contribution in [3.63, 3.8) is 0 Å². The van der Waals surface area contributed by atoms with Crippen LogP contribution in [0.1, 0.15) is 32.1 Å². The van der Waals surface area contributed by atoms with Crippen molar-refractivity contribution < 1.29 is 9.47 Å². The van der Waals surface area contributed by atoms with E-state index in [-0.39, 0.29) is 0 Å². The molecule has 0 aromatic heterocycles. The molecule has 0 bridgehead atoms. The summed E-state index contributed by atoms with van der Waals surface area (Å²) in [7, 11) is 3.53. The molecule has 0 heterocycles. The second kappa shape index (κ2) is 7.20. The van der Waals surface area contributed by atoms with Gasteiger partial charge in [-0.05, 0) is 31.1 Å². The van der Waals surface area contributed by atoms with E-state index in [1.54, 1.807) is 14.2 Å². The Labute approximate surface area is 93.5 Å². The summed E-state index contributed by atoms with van der Waals surface area (Å²) in [6, 6.07) is 0. The lowest BCUT2D eigenvalue weighted by Gasteiger charge is -2.42. The lowest BCUT2D eigenvalue weighted by molar-refractivity contribution is 0.0914. The van der Waals surface area contributed by atoms with Crippen LogP contribution in [0, 0.1) is 5.41 Å². The number of hydrogen-bond donors (Lipinski definition) is 1. The zero-order valence-corrected chi connectivity index (χ0v) is 10.2. The third kappa shape index (κ3) is 4.49. The van der Waals surface area contributed by atoms with Crippen molar-refractivity contribution in [1.29, 1.82) is 0 Å². The quantitative estimate of drug-likeness (QED) is 0.595. The van der Waals surface area contributed by atoms with Crippen molar-refractivity contribution in [3.8, 4) is 0 Å². The van der Waals surface area contributed by atoms with Crippen LogP contribution < -0.4 is 5.32 Å². The van der Waals surface area contributed by atoms with Crippen molar-refractivity contribution in [3.05, 3.63) is 0 Å². The molecule has 3 nitrogen and oxygen atoms in total. The fourth-order valence-corrected chi connectivity index (χ4v) is 2.31. The second-order valence-corrected chi connectivity index (χ2v) is 4.62. The first-order valence-electron chi connectivity index (χ1n) is 6.02. The molecule has 1 fully saturated rings. The predicted molar refractivity (Wildman–Crippen MR) is 62.1 cm³/mol. The molecule has 0 aromatic rings. The van der Waals surface area contributed by atoms with Gasteiger partial charge in [-0.2, -0.15) is 0 Å². The summed E-state index contributed by atoms with van der Waals surface area (Å²) in [5.41, 5.74) is 0.576. The van der Waals surface area contributed by atoms with Crippen LogP contribution in [0.15, 0.2) is 0 Å². The van der Waals surface area contributed by atoms with Gasteiger partial charge in [0.05, 0.1) is 6.61 Å². The SMILES string of the molecule is COCCCC1(CNCCOC)CCC1. The van der Waals surface area contributed by atoms with Gasteiger partial charge in [-0.1, -0.05) is 6.42 Å². The third-order valence-electron chi connectivity index (χ3n) is 3.45. The van der Waals surface area contributed by atoms with E-state index < -0.39 is 0 Å². The van der Waals surface area contributed by atoms with Gasteiger partial charge in [-0.25, -0.2) is 0 Å². The Balaban J connectivity index is 2.09. The van der Waals surface area contributed by atoms with Crippen molar-refractivity contribution in [2.24, 2.45) is 5.41 Å². The molecule has 1 rings (SSSR count). The van der Waals surface area contributed by atoms with E-state index in [9.17, 15) is 0 Å². The van der Waals surface area contributed by atoms with Gasteiger partial charge < -0.3 is 14.8 Å². The number of nitrogens with one attached hydrogen (secondary N) is 1. The summed E-state index contributed by atoms with van der Waals surface area (Å²) in [5.74, 6) is 0. The Morgan fingerprint density at radius 1 is 1.13 bits per heavy atom. The molecule has 0 spiro atoms. The summed E-state index contributed by atoms with van der Waals surface area (Å²) in [5, 5.41) is 3.49. The summed E-state index contributed by atoms with van der Waals surface area (Å²) in [6.07, 6.45) is 6.68. The van der Waals surface area contributed by atoms with Gasteiger partial charge in [0, 0.05) is 33.9 Å². The molecule has 0 radical (unpaired) electrons. The van der Waals surface area contributed by atoms with Crippen LogP contribution in [0.4, 0.5) is 0 Å². The fourth-order valence-electron chi connectivity index (χ4n) is 2.31. The zero-order chi connectivity index (χ0) is 11.0. The van der Waals surface area contributed by atoms with E-state index >= 15 is 0 Å². The zero-order valence-electron chi connectivity index (χ0n) is 10.2. The Hall–Kier alpha value is -0.120. The maximum Gasteiger partial charge on any atom is 0.0587 e. The smallest absolute Gasteiger partial charge is 0.0587 e. The summed E-state index contributed by atoms with van der Waals surface area (Å²) in [4.78, 5) is 0. The lowest BCUT2D eigenvalue weighted by atomic mass is 9.66. The summed E-state index contributed by atoms with van der Waals surface area (Å²) < 4.78 is 10.1. The number of rotatable bonds is 9. The first-order valence-corrected chi connectivity index (χ1v) is 6.02. The van der Waals surface area contributed by atoms with Crippen LogP contribution in [-0.4, -0.2) is 40.5 Å².